The molecule has 0 atom stereocenters. The number of hydrogen-bond acceptors (Lipinski definition) is 0. The van der Waals surface area contributed by atoms with Gasteiger partial charge < -0.3 is 4.57 Å². The van der Waals surface area contributed by atoms with E-state index in [4.69, 9.17) is 6.42 Å². The quantitative estimate of drug-likeness (QED) is 0.576. The van der Waals surface area contributed by atoms with Gasteiger partial charge in [0.05, 0.1) is 6.54 Å². The first-order valence-electron chi connectivity index (χ1n) is 4.23. The van der Waals surface area contributed by atoms with Crippen LogP contribution in [0, 0.1) is 25.3 Å². The SMILES string of the molecule is C#CCn1c(C)[c]c2ccccc21. The second-order valence-corrected chi connectivity index (χ2v) is 3.02. The standard InChI is InChI=1S/C12H10N/c1-3-8-13-10(2)9-11-6-4-5-7-12(11)13/h1,4-7H,8H2,2H3. The van der Waals surface area contributed by atoms with Crippen molar-refractivity contribution in [2.45, 2.75) is 13.5 Å². The molecule has 0 spiro atoms. The molecule has 63 valence electrons. The van der Waals surface area contributed by atoms with E-state index in [1.54, 1.807) is 0 Å². The average Bonchev–Trinajstić information content (AvgIpc) is 2.44. The lowest BCUT2D eigenvalue weighted by Gasteiger charge is -2.01. The van der Waals surface area contributed by atoms with Crippen molar-refractivity contribution < 1.29 is 0 Å². The Balaban J connectivity index is 2.73. The molecule has 0 unspecified atom stereocenters. The van der Waals surface area contributed by atoms with Crippen LogP contribution in [0.3, 0.4) is 0 Å². The fourth-order valence-electron chi connectivity index (χ4n) is 1.55. The summed E-state index contributed by atoms with van der Waals surface area (Å²) < 4.78 is 2.09. The van der Waals surface area contributed by atoms with Crippen LogP contribution in [0.15, 0.2) is 24.3 Å². The van der Waals surface area contributed by atoms with E-state index in [0.717, 1.165) is 16.6 Å². The third-order valence-electron chi connectivity index (χ3n) is 2.16. The lowest BCUT2D eigenvalue weighted by Crippen LogP contribution is -1.96. The Labute approximate surface area is 78.0 Å². The molecule has 1 nitrogen and oxygen atoms in total. The Morgan fingerprint density at radius 2 is 2.23 bits per heavy atom. The highest BCUT2D eigenvalue weighted by molar-refractivity contribution is 5.80. The number of aromatic nitrogens is 1. The maximum atomic E-state index is 5.29. The monoisotopic (exact) mass is 168 g/mol. The number of para-hydroxylation sites is 1. The molecule has 0 aliphatic carbocycles. The van der Waals surface area contributed by atoms with Crippen molar-refractivity contribution in [1.29, 1.82) is 0 Å². The van der Waals surface area contributed by atoms with Gasteiger partial charge in [0, 0.05) is 22.7 Å². The van der Waals surface area contributed by atoms with Crippen LogP contribution in [0.25, 0.3) is 10.9 Å². The van der Waals surface area contributed by atoms with E-state index < -0.39 is 0 Å². The van der Waals surface area contributed by atoms with Gasteiger partial charge in [0.25, 0.3) is 0 Å². The number of rotatable bonds is 1. The van der Waals surface area contributed by atoms with Crippen LogP contribution >= 0.6 is 0 Å². The molecule has 0 aliphatic rings. The van der Waals surface area contributed by atoms with E-state index in [0.29, 0.717) is 6.54 Å². The third kappa shape index (κ3) is 1.21. The van der Waals surface area contributed by atoms with Gasteiger partial charge in [-0.15, -0.1) is 6.42 Å². The average molecular weight is 168 g/mol. The molecule has 0 saturated carbocycles. The second-order valence-electron chi connectivity index (χ2n) is 3.02. The minimum absolute atomic E-state index is 0.621. The third-order valence-corrected chi connectivity index (χ3v) is 2.16. The molecule has 0 amide bonds. The van der Waals surface area contributed by atoms with Gasteiger partial charge in [-0.3, -0.25) is 0 Å². The fourth-order valence-corrected chi connectivity index (χ4v) is 1.55. The van der Waals surface area contributed by atoms with E-state index in [1.807, 2.05) is 19.1 Å². The van der Waals surface area contributed by atoms with E-state index >= 15 is 0 Å². The maximum absolute atomic E-state index is 5.29. The van der Waals surface area contributed by atoms with Gasteiger partial charge in [-0.1, -0.05) is 24.1 Å². The van der Waals surface area contributed by atoms with Gasteiger partial charge >= 0.3 is 0 Å². The van der Waals surface area contributed by atoms with Gasteiger partial charge in [0.2, 0.25) is 0 Å². The van der Waals surface area contributed by atoms with Crippen LogP contribution in [0.5, 0.6) is 0 Å². The number of benzene rings is 1. The summed E-state index contributed by atoms with van der Waals surface area (Å²) in [5.74, 6) is 2.65. The van der Waals surface area contributed by atoms with Crippen molar-refractivity contribution in [3.05, 3.63) is 36.0 Å². The molecule has 0 saturated heterocycles. The highest BCUT2D eigenvalue weighted by Gasteiger charge is 2.02. The first-order valence-corrected chi connectivity index (χ1v) is 4.23. The number of hydrogen-bond donors (Lipinski definition) is 0. The zero-order chi connectivity index (χ0) is 9.26. The largest absolute Gasteiger partial charge is 0.333 e. The van der Waals surface area contributed by atoms with Crippen LogP contribution in [0.2, 0.25) is 0 Å². The van der Waals surface area contributed by atoms with Crippen molar-refractivity contribution in [3.63, 3.8) is 0 Å². The first kappa shape index (κ1) is 7.94. The molecule has 1 aromatic carbocycles. The lowest BCUT2D eigenvalue weighted by molar-refractivity contribution is 0.846. The van der Waals surface area contributed by atoms with Crippen LogP contribution in [-0.4, -0.2) is 4.57 Å². The zero-order valence-electron chi connectivity index (χ0n) is 7.54. The summed E-state index contributed by atoms with van der Waals surface area (Å²) in [6.07, 6.45) is 5.29. The van der Waals surface area contributed by atoms with Crippen molar-refractivity contribution in [3.8, 4) is 12.3 Å². The first-order chi connectivity index (χ1) is 6.33. The molecule has 0 N–H and O–H groups in total. The normalized spacial score (nSPS) is 10.2. The molecule has 1 heteroatoms. The van der Waals surface area contributed by atoms with Crippen molar-refractivity contribution in [1.82, 2.24) is 4.57 Å². The van der Waals surface area contributed by atoms with Crippen molar-refractivity contribution in [2.24, 2.45) is 0 Å². The molecular weight excluding hydrogens is 158 g/mol. The molecule has 0 fully saturated rings. The molecule has 1 aromatic heterocycles. The van der Waals surface area contributed by atoms with E-state index in [9.17, 15) is 0 Å². The van der Waals surface area contributed by atoms with Crippen LogP contribution in [-0.2, 0) is 6.54 Å². The van der Waals surface area contributed by atoms with Crippen LogP contribution in [0.1, 0.15) is 5.69 Å². The predicted molar refractivity (Wildman–Crippen MR) is 54.3 cm³/mol. The minimum atomic E-state index is 0.621. The van der Waals surface area contributed by atoms with Gasteiger partial charge in [-0.2, -0.15) is 0 Å². The molecule has 1 radical (unpaired) electrons. The Bertz CT molecular complexity index is 471. The minimum Gasteiger partial charge on any atom is -0.333 e. The Kier molecular flexibility index (Phi) is 1.83. The van der Waals surface area contributed by atoms with Gasteiger partial charge in [-0.05, 0) is 13.0 Å². The summed E-state index contributed by atoms with van der Waals surface area (Å²) in [6.45, 7) is 2.65. The molecule has 0 bridgehead atoms. The topological polar surface area (TPSA) is 4.93 Å². The van der Waals surface area contributed by atoms with E-state index in [2.05, 4.69) is 28.7 Å². The summed E-state index contributed by atoms with van der Waals surface area (Å²) in [4.78, 5) is 0. The zero-order valence-corrected chi connectivity index (χ0v) is 7.54. The molecular formula is C12H10N. The summed E-state index contributed by atoms with van der Waals surface area (Å²) in [5.41, 5.74) is 2.26. The molecule has 1 heterocycles. The van der Waals surface area contributed by atoms with Crippen molar-refractivity contribution in [2.75, 3.05) is 0 Å². The molecule has 2 rings (SSSR count). The smallest absolute Gasteiger partial charge is 0.0837 e. The highest BCUT2D eigenvalue weighted by atomic mass is 15.0. The maximum Gasteiger partial charge on any atom is 0.0837 e. The van der Waals surface area contributed by atoms with E-state index in [-0.39, 0.29) is 0 Å². The lowest BCUT2D eigenvalue weighted by atomic mass is 10.2. The number of fused-ring (bicyclic) bond motifs is 1. The molecule has 0 aliphatic heterocycles. The summed E-state index contributed by atoms with van der Waals surface area (Å²) in [5, 5.41) is 1.13. The molecule has 13 heavy (non-hydrogen) atoms. The van der Waals surface area contributed by atoms with Gasteiger partial charge in [0.1, 0.15) is 0 Å². The Hall–Kier alpha value is -1.68. The Morgan fingerprint density at radius 1 is 1.46 bits per heavy atom. The number of nitrogens with zero attached hydrogens (tertiary/aromatic N) is 1. The predicted octanol–water partition coefficient (Wildman–Crippen LogP) is 2.38. The summed E-state index contributed by atoms with van der Waals surface area (Å²) in [7, 11) is 0. The highest BCUT2D eigenvalue weighted by Crippen LogP contribution is 2.17. The fraction of sp³-hybridized carbons (Fsp3) is 0.167. The summed E-state index contributed by atoms with van der Waals surface area (Å²) in [6, 6.07) is 11.4. The van der Waals surface area contributed by atoms with Crippen LogP contribution < -0.4 is 0 Å². The van der Waals surface area contributed by atoms with Crippen LogP contribution in [0.4, 0.5) is 0 Å². The number of aryl methyl sites for hydroxylation is 1. The van der Waals surface area contributed by atoms with E-state index in [1.165, 1.54) is 0 Å². The Morgan fingerprint density at radius 3 is 3.00 bits per heavy atom. The molecule has 2 aromatic rings. The second kappa shape index (κ2) is 2.99. The number of terminal acetylenes is 1. The van der Waals surface area contributed by atoms with Gasteiger partial charge in [0.15, 0.2) is 0 Å². The summed E-state index contributed by atoms with van der Waals surface area (Å²) >= 11 is 0. The van der Waals surface area contributed by atoms with Gasteiger partial charge in [-0.25, -0.2) is 0 Å². The van der Waals surface area contributed by atoms with Crippen molar-refractivity contribution >= 4 is 10.9 Å².